The van der Waals surface area contributed by atoms with Crippen LogP contribution in [0.25, 0.3) is 0 Å². The lowest BCUT2D eigenvalue weighted by Gasteiger charge is -2.35. The number of carbonyl (C=O) groups is 2. The number of amides is 3. The minimum atomic E-state index is -4.09. The molecule has 3 N–H and O–H groups in total. The van der Waals surface area contributed by atoms with Crippen molar-refractivity contribution in [1.82, 2.24) is 15.0 Å². The molecule has 3 amide bonds. The maximum Gasteiger partial charge on any atom is 0.321 e. The molecule has 13 nitrogen and oxygen atoms in total. The third kappa shape index (κ3) is 9.26. The Morgan fingerprint density at radius 3 is 2.52 bits per heavy atom. The van der Waals surface area contributed by atoms with Gasteiger partial charge in [0.25, 0.3) is 15.9 Å². The molecule has 0 saturated carbocycles. The second kappa shape index (κ2) is 16.3. The van der Waals surface area contributed by atoms with Crippen molar-refractivity contribution in [3.8, 4) is 5.75 Å². The van der Waals surface area contributed by atoms with E-state index in [0.29, 0.717) is 24.5 Å². The highest BCUT2D eigenvalue weighted by Crippen LogP contribution is 2.30. The molecule has 0 unspecified atom stereocenters. The Hall–Kier alpha value is -4.14. The molecule has 2 heterocycles. The van der Waals surface area contributed by atoms with Crippen LogP contribution in [0.1, 0.15) is 61.8 Å². The number of benzene rings is 2. The molecule has 1 aromatic heterocycles. The van der Waals surface area contributed by atoms with Crippen LogP contribution in [-0.4, -0.2) is 92.0 Å². The molecule has 0 saturated heterocycles. The van der Waals surface area contributed by atoms with Crippen LogP contribution >= 0.6 is 0 Å². The van der Waals surface area contributed by atoms with Gasteiger partial charge in [-0.1, -0.05) is 30.3 Å². The molecule has 1 aliphatic rings. The number of rotatable bonds is 8. The van der Waals surface area contributed by atoms with Gasteiger partial charge in [-0.3, -0.25) is 9.52 Å². The highest BCUT2D eigenvalue weighted by molar-refractivity contribution is 7.92. The van der Waals surface area contributed by atoms with Crippen molar-refractivity contribution in [1.29, 1.82) is 0 Å². The molecule has 4 rings (SSSR count). The molecule has 2 aromatic carbocycles. The minimum Gasteiger partial charge on any atom is -0.490 e. The highest BCUT2D eigenvalue weighted by Gasteiger charge is 2.32. The van der Waals surface area contributed by atoms with E-state index < -0.39 is 28.1 Å². The Bertz CT molecular complexity index is 1630. The number of nitrogens with one attached hydrogen (secondary N) is 2. The minimum absolute atomic E-state index is 0.0726. The van der Waals surface area contributed by atoms with Crippen molar-refractivity contribution in [2.45, 2.75) is 77.0 Å². The van der Waals surface area contributed by atoms with Gasteiger partial charge < -0.3 is 34.2 Å². The van der Waals surface area contributed by atoms with Gasteiger partial charge in [0.1, 0.15) is 11.4 Å². The van der Waals surface area contributed by atoms with Crippen LogP contribution in [0.5, 0.6) is 5.75 Å². The zero-order chi connectivity index (χ0) is 35.0. The molecule has 0 radical (unpaired) electrons. The zero-order valence-corrected chi connectivity index (χ0v) is 29.2. The predicted octanol–water partition coefficient (Wildman–Crippen LogP) is 5.05. The number of aryl methyl sites for hydroxylation is 2. The number of aliphatic hydroxyl groups is 1. The SMILES string of the molecule is Cc1noc(C)c1S(=O)(=O)Nc1ccc2c(c1)C(=O)N([C@H](C)CO)C[C@H](C)[C@H](CN(C)C(=O)Nc1ccccc1)OCCCC[C@@H](C)O2. The Kier molecular flexibility index (Phi) is 12.5. The summed E-state index contributed by atoms with van der Waals surface area (Å²) in [5, 5.41) is 16.9. The number of para-hydroxylation sites is 1. The number of hydrogen-bond donors (Lipinski definition) is 3. The first kappa shape index (κ1) is 36.7. The Labute approximate surface area is 282 Å². The number of ether oxygens (including phenoxy) is 2. The highest BCUT2D eigenvalue weighted by atomic mass is 32.2. The van der Waals surface area contributed by atoms with Crippen LogP contribution in [0.3, 0.4) is 0 Å². The van der Waals surface area contributed by atoms with E-state index in [1.165, 1.54) is 24.8 Å². The molecule has 3 aromatic rings. The van der Waals surface area contributed by atoms with Crippen molar-refractivity contribution in [2.24, 2.45) is 5.92 Å². The second-order valence-corrected chi connectivity index (χ2v) is 14.1. The van der Waals surface area contributed by atoms with Crippen LogP contribution in [0.15, 0.2) is 57.9 Å². The number of likely N-dealkylation sites (N-methyl/N-ethyl adjacent to an activating group) is 1. The molecule has 0 bridgehead atoms. The van der Waals surface area contributed by atoms with Crippen molar-refractivity contribution in [3.63, 3.8) is 0 Å². The van der Waals surface area contributed by atoms with Crippen LogP contribution in [-0.2, 0) is 14.8 Å². The summed E-state index contributed by atoms with van der Waals surface area (Å²) in [5.41, 5.74) is 1.17. The van der Waals surface area contributed by atoms with E-state index in [1.54, 1.807) is 31.0 Å². The topological polar surface area (TPSA) is 164 Å². The van der Waals surface area contributed by atoms with E-state index >= 15 is 0 Å². The number of carbonyl (C=O) groups excluding carboxylic acids is 2. The molecule has 0 spiro atoms. The summed E-state index contributed by atoms with van der Waals surface area (Å²) < 4.78 is 46.8. The summed E-state index contributed by atoms with van der Waals surface area (Å²) in [5.74, 6) is -0.265. The molecule has 1 aliphatic heterocycles. The first-order valence-electron chi connectivity index (χ1n) is 16.2. The molecule has 4 atom stereocenters. The lowest BCUT2D eigenvalue weighted by Crippen LogP contribution is -2.48. The Morgan fingerprint density at radius 1 is 1.12 bits per heavy atom. The fourth-order valence-electron chi connectivity index (χ4n) is 5.61. The van der Waals surface area contributed by atoms with Gasteiger partial charge in [-0.05, 0) is 77.3 Å². The van der Waals surface area contributed by atoms with Crippen LogP contribution in [0.2, 0.25) is 0 Å². The van der Waals surface area contributed by atoms with E-state index in [1.807, 2.05) is 44.2 Å². The standard InChI is InChI=1S/C34H47N5O8S/c1-22-19-39(23(2)21-40)33(41)29-18-28(37-48(43,44)32-25(4)36-47-26(32)5)15-16-30(29)46-24(3)12-10-11-17-45-31(22)20-38(6)34(42)35-27-13-8-7-9-14-27/h7-9,13-16,18,22-24,31,37,40H,10-12,17,19-21H2,1-6H3,(H,35,42)/t22-,23+,24+,31-/m0/s1. The molecule has 0 fully saturated rings. The monoisotopic (exact) mass is 685 g/mol. The van der Waals surface area contributed by atoms with Gasteiger partial charge in [-0.25, -0.2) is 13.2 Å². The summed E-state index contributed by atoms with van der Waals surface area (Å²) in [6, 6.07) is 12.8. The van der Waals surface area contributed by atoms with Gasteiger partial charge in [0.15, 0.2) is 10.7 Å². The first-order chi connectivity index (χ1) is 22.8. The van der Waals surface area contributed by atoms with Gasteiger partial charge in [0.2, 0.25) is 0 Å². The maximum absolute atomic E-state index is 14.4. The summed E-state index contributed by atoms with van der Waals surface area (Å²) in [4.78, 5) is 30.4. The number of nitrogens with zero attached hydrogens (tertiary/aromatic N) is 3. The van der Waals surface area contributed by atoms with E-state index in [4.69, 9.17) is 14.0 Å². The number of aliphatic hydroxyl groups excluding tert-OH is 1. The molecular formula is C34H47N5O8S. The van der Waals surface area contributed by atoms with Gasteiger partial charge in [-0.2, -0.15) is 0 Å². The summed E-state index contributed by atoms with van der Waals surface area (Å²) in [6.45, 7) is 9.23. The van der Waals surface area contributed by atoms with Crippen molar-refractivity contribution < 1.29 is 37.1 Å². The third-order valence-electron chi connectivity index (χ3n) is 8.37. The number of sulfonamides is 1. The number of anilines is 2. The Morgan fingerprint density at radius 2 is 1.85 bits per heavy atom. The average Bonchev–Trinajstić information content (AvgIpc) is 3.40. The number of aromatic nitrogens is 1. The third-order valence-corrected chi connectivity index (χ3v) is 9.99. The molecule has 262 valence electrons. The summed E-state index contributed by atoms with van der Waals surface area (Å²) in [6.07, 6.45) is 1.58. The lowest BCUT2D eigenvalue weighted by molar-refractivity contribution is -0.0115. The van der Waals surface area contributed by atoms with Gasteiger partial charge in [-0.15, -0.1) is 0 Å². The summed E-state index contributed by atoms with van der Waals surface area (Å²) >= 11 is 0. The van der Waals surface area contributed by atoms with Crippen molar-refractivity contribution in [2.75, 3.05) is 43.4 Å². The first-order valence-corrected chi connectivity index (χ1v) is 17.7. The smallest absolute Gasteiger partial charge is 0.321 e. The van der Waals surface area contributed by atoms with Gasteiger partial charge in [0, 0.05) is 44.0 Å². The Balaban J connectivity index is 1.64. The fraction of sp³-hybridized carbons (Fsp3) is 0.500. The van der Waals surface area contributed by atoms with E-state index in [-0.39, 0.29) is 65.3 Å². The molecular weight excluding hydrogens is 638 g/mol. The number of hydrogen-bond acceptors (Lipinski definition) is 9. The normalized spacial score (nSPS) is 20.2. The quantitative estimate of drug-likeness (QED) is 0.294. The van der Waals surface area contributed by atoms with Crippen LogP contribution in [0.4, 0.5) is 16.2 Å². The lowest BCUT2D eigenvalue weighted by atomic mass is 10.0. The van der Waals surface area contributed by atoms with E-state index in [0.717, 1.165) is 12.8 Å². The average molecular weight is 686 g/mol. The molecule has 14 heteroatoms. The second-order valence-electron chi connectivity index (χ2n) is 12.4. The fourth-order valence-corrected chi connectivity index (χ4v) is 6.99. The van der Waals surface area contributed by atoms with Crippen LogP contribution in [0, 0.1) is 19.8 Å². The van der Waals surface area contributed by atoms with Crippen molar-refractivity contribution >= 4 is 33.3 Å². The van der Waals surface area contributed by atoms with Gasteiger partial charge in [0.05, 0.1) is 30.4 Å². The number of urea groups is 1. The zero-order valence-electron chi connectivity index (χ0n) is 28.4. The largest absolute Gasteiger partial charge is 0.490 e. The van der Waals surface area contributed by atoms with E-state index in [9.17, 15) is 23.1 Å². The van der Waals surface area contributed by atoms with Gasteiger partial charge >= 0.3 is 6.03 Å². The molecule has 48 heavy (non-hydrogen) atoms. The van der Waals surface area contributed by atoms with E-state index in [2.05, 4.69) is 15.2 Å². The van der Waals surface area contributed by atoms with Crippen LogP contribution < -0.4 is 14.8 Å². The molecule has 0 aliphatic carbocycles. The van der Waals surface area contributed by atoms with Crippen molar-refractivity contribution in [3.05, 3.63) is 65.5 Å². The maximum atomic E-state index is 14.4. The summed E-state index contributed by atoms with van der Waals surface area (Å²) in [7, 11) is -2.40. The number of fused-ring (bicyclic) bond motifs is 1. The predicted molar refractivity (Wildman–Crippen MR) is 182 cm³/mol.